The van der Waals surface area contributed by atoms with Crippen molar-refractivity contribution in [2.24, 2.45) is 5.73 Å². The Hall–Kier alpha value is -5.81. The molecule has 0 saturated heterocycles. The molecule has 3 heterocycles. The largest absolute Gasteiger partial charge is 0.398 e. The number of nitrogens with two attached hydrogens (primary N) is 1. The molecule has 1 spiro atoms. The lowest BCUT2D eigenvalue weighted by atomic mass is 9.62. The zero-order valence-corrected chi connectivity index (χ0v) is 28.8. The molecule has 2 unspecified atom stereocenters. The molecule has 244 valence electrons. The molecule has 1 aromatic heterocycles. The van der Waals surface area contributed by atoms with Gasteiger partial charge in [0.25, 0.3) is 0 Å². The monoisotopic (exact) mass is 673 g/mol. The maximum absolute atomic E-state index is 6.80. The normalized spacial score (nSPS) is 16.5. The minimum atomic E-state index is -0.498. The van der Waals surface area contributed by atoms with Crippen molar-refractivity contribution in [3.8, 4) is 5.69 Å². The summed E-state index contributed by atoms with van der Waals surface area (Å²) >= 11 is 1.88. The van der Waals surface area contributed by atoms with Crippen molar-refractivity contribution in [3.63, 3.8) is 0 Å². The van der Waals surface area contributed by atoms with Gasteiger partial charge in [-0.2, -0.15) is 0 Å². The number of para-hydroxylation sites is 3. The number of nitrogens with one attached hydrogen (secondary N) is 1. The fraction of sp³-hybridized carbons (Fsp3) is 0.0638. The SMILES string of the molecule is N/C(=C\C(NCc1ccccc1)c1ccc2c(c1)Sc1ccccc1C21c2ccccc2-n2c3ccccc3c3cccc1c32)c1ccccc1. The van der Waals surface area contributed by atoms with Gasteiger partial charge < -0.3 is 15.6 Å². The second-order valence-corrected chi connectivity index (χ2v) is 14.6. The molecule has 0 saturated carbocycles. The molecule has 7 aromatic carbocycles. The Labute approximate surface area is 302 Å². The number of benzene rings is 7. The Morgan fingerprint density at radius 2 is 1.29 bits per heavy atom. The first-order valence-corrected chi connectivity index (χ1v) is 18.4. The van der Waals surface area contributed by atoms with E-state index in [2.05, 4.69) is 168 Å². The van der Waals surface area contributed by atoms with E-state index in [0.29, 0.717) is 0 Å². The Balaban J connectivity index is 1.21. The molecule has 0 radical (unpaired) electrons. The summed E-state index contributed by atoms with van der Waals surface area (Å²) in [4.78, 5) is 2.55. The van der Waals surface area contributed by atoms with E-state index < -0.39 is 5.41 Å². The van der Waals surface area contributed by atoms with Crippen LogP contribution in [0, 0.1) is 0 Å². The van der Waals surface area contributed by atoms with Gasteiger partial charge in [-0.15, -0.1) is 0 Å². The van der Waals surface area contributed by atoms with Gasteiger partial charge in [-0.25, -0.2) is 0 Å². The number of nitrogens with zero attached hydrogens (tertiary/aromatic N) is 1. The topological polar surface area (TPSA) is 43.0 Å². The molecule has 2 aliphatic heterocycles. The Bertz CT molecular complexity index is 2640. The second-order valence-electron chi connectivity index (χ2n) is 13.5. The maximum atomic E-state index is 6.80. The lowest BCUT2D eigenvalue weighted by Gasteiger charge is -2.45. The highest BCUT2D eigenvalue weighted by Crippen LogP contribution is 2.60. The van der Waals surface area contributed by atoms with E-state index in [4.69, 9.17) is 5.73 Å². The number of hydrogen-bond acceptors (Lipinski definition) is 3. The highest BCUT2D eigenvalue weighted by Gasteiger charge is 2.49. The molecule has 3 nitrogen and oxygen atoms in total. The molecule has 0 aliphatic carbocycles. The zero-order valence-electron chi connectivity index (χ0n) is 28.0. The molecule has 8 aromatic rings. The van der Waals surface area contributed by atoms with E-state index in [1.807, 2.05) is 30.0 Å². The van der Waals surface area contributed by atoms with Gasteiger partial charge in [-0.05, 0) is 69.3 Å². The van der Waals surface area contributed by atoms with Crippen molar-refractivity contribution in [3.05, 3.63) is 215 Å². The predicted molar refractivity (Wildman–Crippen MR) is 211 cm³/mol. The van der Waals surface area contributed by atoms with Crippen LogP contribution in [-0.2, 0) is 12.0 Å². The van der Waals surface area contributed by atoms with E-state index in [9.17, 15) is 0 Å². The van der Waals surface area contributed by atoms with Crippen LogP contribution in [0.15, 0.2) is 186 Å². The minimum absolute atomic E-state index is 0.103. The molecular formula is C47H35N3S. The molecule has 3 N–H and O–H groups in total. The lowest BCUT2D eigenvalue weighted by Crippen LogP contribution is -2.37. The first-order valence-electron chi connectivity index (χ1n) is 17.6. The van der Waals surface area contributed by atoms with E-state index in [0.717, 1.165) is 17.8 Å². The first-order chi connectivity index (χ1) is 25.2. The molecule has 0 amide bonds. The summed E-state index contributed by atoms with van der Waals surface area (Å²) in [5.41, 5.74) is 19.5. The Kier molecular flexibility index (Phi) is 7.02. The number of fused-ring (bicyclic) bond motifs is 11. The number of aromatic nitrogens is 1. The molecule has 2 atom stereocenters. The van der Waals surface area contributed by atoms with Gasteiger partial charge in [0, 0.05) is 32.8 Å². The zero-order chi connectivity index (χ0) is 33.9. The molecule has 51 heavy (non-hydrogen) atoms. The average molecular weight is 674 g/mol. The summed E-state index contributed by atoms with van der Waals surface area (Å²) in [6.45, 7) is 0.723. The summed E-state index contributed by atoms with van der Waals surface area (Å²) < 4.78 is 2.50. The molecule has 0 fully saturated rings. The van der Waals surface area contributed by atoms with E-state index in [1.54, 1.807) is 0 Å². The van der Waals surface area contributed by atoms with Gasteiger partial charge in [0.05, 0.1) is 28.2 Å². The molecule has 10 rings (SSSR count). The van der Waals surface area contributed by atoms with Gasteiger partial charge >= 0.3 is 0 Å². The standard InChI is InChI=1S/C47H35N3S/c48-40(32-16-5-2-6-17-32)29-41(49-30-31-14-3-1-4-15-31)33-26-27-38-45(28-33)51-44-25-12-9-21-37(44)47(38)36-20-8-11-24-43(36)50-42-23-10-7-18-34(42)35-19-13-22-39(47)46(35)50/h1-29,41,49H,30,48H2/b40-29-. The van der Waals surface area contributed by atoms with Crippen LogP contribution < -0.4 is 11.1 Å². The van der Waals surface area contributed by atoms with Gasteiger partial charge in [-0.3, -0.25) is 0 Å². The van der Waals surface area contributed by atoms with Crippen LogP contribution in [0.5, 0.6) is 0 Å². The second kappa shape index (κ2) is 11.9. The summed E-state index contributed by atoms with van der Waals surface area (Å²) in [6.07, 6.45) is 2.17. The quantitative estimate of drug-likeness (QED) is 0.185. The first kappa shape index (κ1) is 30.1. The lowest BCUT2D eigenvalue weighted by molar-refractivity contribution is 0.617. The van der Waals surface area contributed by atoms with Crippen LogP contribution in [0.25, 0.3) is 33.2 Å². The fourth-order valence-corrected chi connectivity index (χ4v) is 9.78. The van der Waals surface area contributed by atoms with Crippen molar-refractivity contribution < 1.29 is 0 Å². The average Bonchev–Trinajstić information content (AvgIpc) is 3.54. The van der Waals surface area contributed by atoms with Crippen LogP contribution in [0.1, 0.15) is 45.0 Å². The van der Waals surface area contributed by atoms with Crippen molar-refractivity contribution >= 4 is 39.3 Å². The van der Waals surface area contributed by atoms with Crippen LogP contribution in [0.4, 0.5) is 0 Å². The van der Waals surface area contributed by atoms with Crippen LogP contribution in [0.3, 0.4) is 0 Å². The molecular weight excluding hydrogens is 639 g/mol. The summed E-state index contributed by atoms with van der Waals surface area (Å²) in [5.74, 6) is 0. The molecule has 4 heteroatoms. The van der Waals surface area contributed by atoms with Crippen LogP contribution >= 0.6 is 11.8 Å². The van der Waals surface area contributed by atoms with Crippen LogP contribution in [-0.4, -0.2) is 4.57 Å². The summed E-state index contributed by atoms with van der Waals surface area (Å²) in [6, 6.07) is 61.6. The third-order valence-corrected chi connectivity index (χ3v) is 11.9. The molecule has 2 aliphatic rings. The van der Waals surface area contributed by atoms with E-state index in [1.165, 1.54) is 70.7 Å². The third kappa shape index (κ3) is 4.57. The van der Waals surface area contributed by atoms with Crippen LogP contribution in [0.2, 0.25) is 0 Å². The van der Waals surface area contributed by atoms with Gasteiger partial charge in [0.1, 0.15) is 0 Å². The highest BCUT2D eigenvalue weighted by atomic mass is 32.2. The summed E-state index contributed by atoms with van der Waals surface area (Å²) in [7, 11) is 0. The van der Waals surface area contributed by atoms with Gasteiger partial charge in [-0.1, -0.05) is 157 Å². The highest BCUT2D eigenvalue weighted by molar-refractivity contribution is 7.99. The van der Waals surface area contributed by atoms with Crippen molar-refractivity contribution in [2.75, 3.05) is 0 Å². The Morgan fingerprint density at radius 1 is 0.627 bits per heavy atom. The molecule has 0 bridgehead atoms. The predicted octanol–water partition coefficient (Wildman–Crippen LogP) is 10.8. The number of rotatable bonds is 6. The van der Waals surface area contributed by atoms with E-state index in [-0.39, 0.29) is 6.04 Å². The van der Waals surface area contributed by atoms with Crippen molar-refractivity contribution in [1.29, 1.82) is 0 Å². The van der Waals surface area contributed by atoms with Crippen molar-refractivity contribution in [1.82, 2.24) is 9.88 Å². The Morgan fingerprint density at radius 3 is 2.16 bits per heavy atom. The maximum Gasteiger partial charge on any atom is 0.0764 e. The van der Waals surface area contributed by atoms with Crippen molar-refractivity contribution in [2.45, 2.75) is 27.8 Å². The summed E-state index contributed by atoms with van der Waals surface area (Å²) in [5, 5.41) is 6.41. The van der Waals surface area contributed by atoms with E-state index >= 15 is 0 Å². The number of hydrogen-bond donors (Lipinski definition) is 2. The van der Waals surface area contributed by atoms with Gasteiger partial charge in [0.15, 0.2) is 0 Å². The fourth-order valence-electron chi connectivity index (χ4n) is 8.54. The third-order valence-electron chi connectivity index (χ3n) is 10.7. The van der Waals surface area contributed by atoms with Gasteiger partial charge in [0.2, 0.25) is 0 Å². The smallest absolute Gasteiger partial charge is 0.0764 e. The minimum Gasteiger partial charge on any atom is -0.398 e.